The van der Waals surface area contributed by atoms with Crippen molar-refractivity contribution < 1.29 is 13.2 Å². The second kappa shape index (κ2) is 9.93. The number of hydrogen-bond acceptors (Lipinski definition) is 4. The average Bonchev–Trinajstić information content (AvgIpc) is 3.36. The molecule has 7 nitrogen and oxygen atoms in total. The molecule has 2 N–H and O–H groups in total. The van der Waals surface area contributed by atoms with Gasteiger partial charge in [-0.2, -0.15) is 5.10 Å². The third kappa shape index (κ3) is 5.52. The monoisotopic (exact) mass is 474 g/mol. The van der Waals surface area contributed by atoms with Gasteiger partial charge in [-0.25, -0.2) is 13.1 Å². The number of amides is 1. The summed E-state index contributed by atoms with van der Waals surface area (Å²) in [5.41, 5.74) is 4.29. The highest BCUT2D eigenvalue weighted by Crippen LogP contribution is 2.21. The first-order valence-corrected chi connectivity index (χ1v) is 12.4. The largest absolute Gasteiger partial charge is 0.352 e. The van der Waals surface area contributed by atoms with Crippen molar-refractivity contribution in [3.05, 3.63) is 107 Å². The summed E-state index contributed by atoms with van der Waals surface area (Å²) in [7, 11) is -3.77. The lowest BCUT2D eigenvalue weighted by Gasteiger charge is -2.12. The normalized spacial score (nSPS) is 11.2. The second-order valence-corrected chi connectivity index (χ2v) is 9.73. The number of rotatable bonds is 8. The third-order valence-electron chi connectivity index (χ3n) is 5.41. The molecule has 0 unspecified atom stereocenters. The Kier molecular flexibility index (Phi) is 6.79. The summed E-state index contributed by atoms with van der Waals surface area (Å²) in [6, 6.07) is 21.6. The van der Waals surface area contributed by atoms with E-state index in [9.17, 15) is 13.2 Å². The van der Waals surface area contributed by atoms with Gasteiger partial charge in [-0.15, -0.1) is 0 Å². The molecule has 0 aliphatic heterocycles. The molecule has 8 heteroatoms. The lowest BCUT2D eigenvalue weighted by Crippen LogP contribution is -2.25. The van der Waals surface area contributed by atoms with E-state index in [1.54, 1.807) is 48.1 Å². The standard InChI is InChI=1S/C26H26N4O3S/c1-19-7-8-20(2)25(17-19)34(32,33)29-23-6-3-5-22(18-23)26(31)27-15-13-21-9-11-24(12-10-21)30-16-4-14-28-30/h3-12,14,16-18,29H,13,15H2,1-2H3,(H,27,31). The number of nitrogens with one attached hydrogen (secondary N) is 2. The van der Waals surface area contributed by atoms with Crippen LogP contribution in [0.5, 0.6) is 0 Å². The van der Waals surface area contributed by atoms with Crippen LogP contribution < -0.4 is 10.0 Å². The fourth-order valence-corrected chi connectivity index (χ4v) is 4.97. The van der Waals surface area contributed by atoms with E-state index in [1.807, 2.05) is 49.5 Å². The number of aromatic nitrogens is 2. The van der Waals surface area contributed by atoms with E-state index in [1.165, 1.54) is 6.07 Å². The van der Waals surface area contributed by atoms with Gasteiger partial charge in [-0.3, -0.25) is 9.52 Å². The Hall–Kier alpha value is -3.91. The third-order valence-corrected chi connectivity index (χ3v) is 6.94. The van der Waals surface area contributed by atoms with Gasteiger partial charge in [-0.05, 0) is 79.4 Å². The number of anilines is 1. The molecule has 0 fully saturated rings. The molecule has 0 spiro atoms. The molecule has 0 aliphatic carbocycles. The highest BCUT2D eigenvalue weighted by atomic mass is 32.2. The Balaban J connectivity index is 1.37. The van der Waals surface area contributed by atoms with Crippen LogP contribution in [0.4, 0.5) is 5.69 Å². The first-order chi connectivity index (χ1) is 16.3. The summed E-state index contributed by atoms with van der Waals surface area (Å²) in [4.78, 5) is 12.9. The predicted octanol–water partition coefficient (Wildman–Crippen LogP) is 4.26. The molecule has 4 rings (SSSR count). The number of nitrogens with zero attached hydrogens (tertiary/aromatic N) is 2. The minimum absolute atomic E-state index is 0.223. The van der Waals surface area contributed by atoms with Gasteiger partial charge in [-0.1, -0.05) is 30.3 Å². The molecule has 0 radical (unpaired) electrons. The summed E-state index contributed by atoms with van der Waals surface area (Å²) in [5, 5.41) is 7.10. The Morgan fingerprint density at radius 1 is 0.971 bits per heavy atom. The van der Waals surface area contributed by atoms with Gasteiger partial charge >= 0.3 is 0 Å². The molecular weight excluding hydrogens is 448 g/mol. The number of benzene rings is 3. The summed E-state index contributed by atoms with van der Waals surface area (Å²) in [6.45, 7) is 4.05. The average molecular weight is 475 g/mol. The fourth-order valence-electron chi connectivity index (χ4n) is 3.59. The minimum Gasteiger partial charge on any atom is -0.352 e. The number of sulfonamides is 1. The quantitative estimate of drug-likeness (QED) is 0.399. The van der Waals surface area contributed by atoms with Gasteiger partial charge < -0.3 is 5.32 Å². The topological polar surface area (TPSA) is 93.1 Å². The Morgan fingerprint density at radius 3 is 2.50 bits per heavy atom. The van der Waals surface area contributed by atoms with Gasteiger partial charge in [0.25, 0.3) is 15.9 Å². The van der Waals surface area contributed by atoms with Gasteiger partial charge in [0, 0.05) is 30.2 Å². The van der Waals surface area contributed by atoms with Crippen molar-refractivity contribution in [1.82, 2.24) is 15.1 Å². The molecule has 0 saturated carbocycles. The molecule has 4 aromatic rings. The van der Waals surface area contributed by atoms with E-state index in [4.69, 9.17) is 0 Å². The maximum atomic E-state index is 12.9. The summed E-state index contributed by atoms with van der Waals surface area (Å²) in [6.07, 6.45) is 4.28. The number of carbonyl (C=O) groups excluding carboxylic acids is 1. The fraction of sp³-hybridized carbons (Fsp3) is 0.154. The second-order valence-electron chi connectivity index (χ2n) is 8.08. The van der Waals surface area contributed by atoms with Gasteiger partial charge in [0.1, 0.15) is 0 Å². The molecule has 3 aromatic carbocycles. The van der Waals surface area contributed by atoms with E-state index in [2.05, 4.69) is 15.1 Å². The van der Waals surface area contributed by atoms with E-state index in [0.717, 1.165) is 16.8 Å². The van der Waals surface area contributed by atoms with Crippen LogP contribution in [0.25, 0.3) is 5.69 Å². The highest BCUT2D eigenvalue weighted by molar-refractivity contribution is 7.92. The smallest absolute Gasteiger partial charge is 0.262 e. The zero-order chi connectivity index (χ0) is 24.1. The Labute approximate surface area is 199 Å². The van der Waals surface area contributed by atoms with Crippen molar-refractivity contribution in [3.8, 4) is 5.69 Å². The van der Waals surface area contributed by atoms with Crippen LogP contribution in [0.3, 0.4) is 0 Å². The number of aryl methyl sites for hydroxylation is 2. The van der Waals surface area contributed by atoms with E-state index >= 15 is 0 Å². The van der Waals surface area contributed by atoms with Crippen molar-refractivity contribution in [2.75, 3.05) is 11.3 Å². The Bertz CT molecular complexity index is 1400. The van der Waals surface area contributed by atoms with Crippen LogP contribution in [0.1, 0.15) is 27.0 Å². The first kappa shape index (κ1) is 23.3. The maximum absolute atomic E-state index is 12.9. The molecule has 0 bridgehead atoms. The van der Waals surface area contributed by atoms with Crippen LogP contribution in [0.2, 0.25) is 0 Å². The van der Waals surface area contributed by atoms with Crippen LogP contribution in [-0.2, 0) is 16.4 Å². The molecule has 1 heterocycles. The van der Waals surface area contributed by atoms with E-state index < -0.39 is 10.0 Å². The van der Waals surface area contributed by atoms with Crippen molar-refractivity contribution in [2.24, 2.45) is 0 Å². The van der Waals surface area contributed by atoms with E-state index in [0.29, 0.717) is 29.8 Å². The van der Waals surface area contributed by atoms with Crippen LogP contribution in [0, 0.1) is 13.8 Å². The Morgan fingerprint density at radius 2 is 1.76 bits per heavy atom. The summed E-state index contributed by atoms with van der Waals surface area (Å²) in [5.74, 6) is -0.263. The zero-order valence-corrected chi connectivity index (χ0v) is 19.8. The van der Waals surface area contributed by atoms with Crippen molar-refractivity contribution in [1.29, 1.82) is 0 Å². The zero-order valence-electron chi connectivity index (χ0n) is 19.0. The predicted molar refractivity (Wildman–Crippen MR) is 133 cm³/mol. The summed E-state index contributed by atoms with van der Waals surface area (Å²) < 4.78 is 30.1. The molecule has 1 aromatic heterocycles. The number of hydrogen-bond donors (Lipinski definition) is 2. The molecule has 34 heavy (non-hydrogen) atoms. The van der Waals surface area contributed by atoms with Crippen molar-refractivity contribution >= 4 is 21.6 Å². The lowest BCUT2D eigenvalue weighted by atomic mass is 10.1. The van der Waals surface area contributed by atoms with Crippen LogP contribution in [0.15, 0.2) is 90.1 Å². The SMILES string of the molecule is Cc1ccc(C)c(S(=O)(=O)Nc2cccc(C(=O)NCCc3ccc(-n4cccn4)cc3)c2)c1. The molecular formula is C26H26N4O3S. The lowest BCUT2D eigenvalue weighted by molar-refractivity contribution is 0.0954. The van der Waals surface area contributed by atoms with Gasteiger partial charge in [0.2, 0.25) is 0 Å². The van der Waals surface area contributed by atoms with Gasteiger partial charge in [0.15, 0.2) is 0 Å². The molecule has 0 aliphatic rings. The minimum atomic E-state index is -3.77. The first-order valence-electron chi connectivity index (χ1n) is 10.9. The van der Waals surface area contributed by atoms with Crippen molar-refractivity contribution in [3.63, 3.8) is 0 Å². The molecule has 0 atom stereocenters. The maximum Gasteiger partial charge on any atom is 0.262 e. The van der Waals surface area contributed by atoms with E-state index in [-0.39, 0.29) is 10.8 Å². The number of carbonyl (C=O) groups is 1. The van der Waals surface area contributed by atoms with Crippen molar-refractivity contribution in [2.45, 2.75) is 25.2 Å². The summed E-state index contributed by atoms with van der Waals surface area (Å²) >= 11 is 0. The van der Waals surface area contributed by atoms with Gasteiger partial charge in [0.05, 0.1) is 10.6 Å². The molecule has 174 valence electrons. The molecule has 0 saturated heterocycles. The highest BCUT2D eigenvalue weighted by Gasteiger charge is 2.18. The van der Waals surface area contributed by atoms with Crippen LogP contribution >= 0.6 is 0 Å². The van der Waals surface area contributed by atoms with Crippen LogP contribution in [-0.4, -0.2) is 30.7 Å². The molecule has 1 amide bonds.